The van der Waals surface area contributed by atoms with E-state index in [0.717, 1.165) is 31.7 Å². The molecule has 0 saturated carbocycles. The molecule has 0 aromatic carbocycles. The first-order valence-electron chi connectivity index (χ1n) is 7.02. The van der Waals surface area contributed by atoms with Gasteiger partial charge in [-0.25, -0.2) is 0 Å². The number of aromatic nitrogens is 1. The second kappa shape index (κ2) is 7.33. The van der Waals surface area contributed by atoms with Crippen LogP contribution in [0.3, 0.4) is 0 Å². The van der Waals surface area contributed by atoms with Crippen molar-refractivity contribution < 1.29 is 9.90 Å². The van der Waals surface area contributed by atoms with Crippen LogP contribution in [-0.2, 0) is 6.54 Å². The standard InChI is InChI=1S/C14H22N4O2/c15-11-13-10-12(2-3-16-13)14(20)18-5-1-4-17(6-7-18)8-9-19/h2-3,10,19H,1,4-9,11,15H2. The molecular formula is C14H22N4O2. The summed E-state index contributed by atoms with van der Waals surface area (Å²) in [5, 5.41) is 8.98. The van der Waals surface area contributed by atoms with Crippen LogP contribution < -0.4 is 5.73 Å². The van der Waals surface area contributed by atoms with Crippen molar-refractivity contribution in [3.63, 3.8) is 0 Å². The van der Waals surface area contributed by atoms with Gasteiger partial charge >= 0.3 is 0 Å². The first kappa shape index (κ1) is 14.9. The maximum atomic E-state index is 12.5. The number of amides is 1. The molecule has 1 saturated heterocycles. The van der Waals surface area contributed by atoms with E-state index in [1.807, 2.05) is 4.90 Å². The summed E-state index contributed by atoms with van der Waals surface area (Å²) in [6.45, 7) is 4.36. The van der Waals surface area contributed by atoms with E-state index >= 15 is 0 Å². The molecule has 0 spiro atoms. The van der Waals surface area contributed by atoms with Crippen LogP contribution in [0.2, 0.25) is 0 Å². The maximum absolute atomic E-state index is 12.5. The highest BCUT2D eigenvalue weighted by Gasteiger charge is 2.20. The van der Waals surface area contributed by atoms with Gasteiger partial charge in [-0.15, -0.1) is 0 Å². The highest BCUT2D eigenvalue weighted by Crippen LogP contribution is 2.10. The molecule has 110 valence electrons. The van der Waals surface area contributed by atoms with Gasteiger partial charge in [0.1, 0.15) is 0 Å². The van der Waals surface area contributed by atoms with Gasteiger partial charge in [-0.2, -0.15) is 0 Å². The lowest BCUT2D eigenvalue weighted by Gasteiger charge is -2.21. The van der Waals surface area contributed by atoms with Gasteiger partial charge < -0.3 is 15.7 Å². The molecule has 20 heavy (non-hydrogen) atoms. The van der Waals surface area contributed by atoms with E-state index in [1.165, 1.54) is 0 Å². The summed E-state index contributed by atoms with van der Waals surface area (Å²) in [5.74, 6) is 0.0351. The van der Waals surface area contributed by atoms with Gasteiger partial charge in [-0.05, 0) is 25.1 Å². The topological polar surface area (TPSA) is 82.7 Å². The molecule has 1 aliphatic heterocycles. The molecule has 0 bridgehead atoms. The fourth-order valence-electron chi connectivity index (χ4n) is 2.44. The Morgan fingerprint density at radius 2 is 2.20 bits per heavy atom. The Morgan fingerprint density at radius 1 is 1.35 bits per heavy atom. The van der Waals surface area contributed by atoms with Gasteiger partial charge in [0.15, 0.2) is 0 Å². The van der Waals surface area contributed by atoms with Crippen molar-refractivity contribution in [3.8, 4) is 0 Å². The summed E-state index contributed by atoms with van der Waals surface area (Å²) in [4.78, 5) is 20.6. The minimum absolute atomic E-state index is 0.0351. The van der Waals surface area contributed by atoms with E-state index in [9.17, 15) is 4.79 Å². The lowest BCUT2D eigenvalue weighted by Crippen LogP contribution is -2.36. The number of carbonyl (C=O) groups excluding carboxylic acids is 1. The predicted molar refractivity (Wildman–Crippen MR) is 76.2 cm³/mol. The van der Waals surface area contributed by atoms with Gasteiger partial charge in [-0.3, -0.25) is 14.7 Å². The van der Waals surface area contributed by atoms with Crippen LogP contribution in [0.5, 0.6) is 0 Å². The molecule has 2 heterocycles. The molecule has 0 radical (unpaired) electrons. The number of hydrogen-bond acceptors (Lipinski definition) is 5. The Labute approximate surface area is 119 Å². The number of β-amino-alcohol motifs (C(OH)–C–C–N with tert-alkyl or cyclic N) is 1. The zero-order chi connectivity index (χ0) is 14.4. The summed E-state index contributed by atoms with van der Waals surface area (Å²) < 4.78 is 0. The molecule has 1 aromatic heterocycles. The third kappa shape index (κ3) is 3.75. The SMILES string of the molecule is NCc1cc(C(=O)N2CCCN(CCO)CC2)ccn1. The average Bonchev–Trinajstić information content (AvgIpc) is 2.73. The van der Waals surface area contributed by atoms with Crippen LogP contribution in [0.25, 0.3) is 0 Å². The van der Waals surface area contributed by atoms with Crippen molar-refractivity contribution in [3.05, 3.63) is 29.6 Å². The molecule has 1 amide bonds. The van der Waals surface area contributed by atoms with Gasteiger partial charge in [0.25, 0.3) is 5.91 Å². The Bertz CT molecular complexity index is 453. The summed E-state index contributed by atoms with van der Waals surface area (Å²) >= 11 is 0. The zero-order valence-electron chi connectivity index (χ0n) is 11.7. The van der Waals surface area contributed by atoms with Gasteiger partial charge in [0.2, 0.25) is 0 Å². The van der Waals surface area contributed by atoms with Crippen LogP contribution >= 0.6 is 0 Å². The van der Waals surface area contributed by atoms with Crippen molar-refractivity contribution in [2.24, 2.45) is 5.73 Å². The van der Waals surface area contributed by atoms with E-state index in [2.05, 4.69) is 9.88 Å². The third-order valence-corrected chi connectivity index (χ3v) is 3.56. The monoisotopic (exact) mass is 278 g/mol. The minimum Gasteiger partial charge on any atom is -0.395 e. The molecule has 3 N–H and O–H groups in total. The van der Waals surface area contributed by atoms with E-state index in [-0.39, 0.29) is 12.5 Å². The number of carbonyl (C=O) groups is 1. The fourth-order valence-corrected chi connectivity index (χ4v) is 2.44. The molecule has 1 aliphatic rings. The number of aliphatic hydroxyl groups is 1. The van der Waals surface area contributed by atoms with Crippen LogP contribution in [0.1, 0.15) is 22.5 Å². The Morgan fingerprint density at radius 3 is 2.95 bits per heavy atom. The largest absolute Gasteiger partial charge is 0.395 e. The molecule has 0 atom stereocenters. The number of aliphatic hydroxyl groups excluding tert-OH is 1. The first-order chi connectivity index (χ1) is 9.74. The van der Waals surface area contributed by atoms with Crippen molar-refractivity contribution >= 4 is 5.91 Å². The van der Waals surface area contributed by atoms with Crippen LogP contribution in [0.4, 0.5) is 0 Å². The molecule has 1 fully saturated rings. The highest BCUT2D eigenvalue weighted by molar-refractivity contribution is 5.94. The Kier molecular flexibility index (Phi) is 5.46. The molecule has 0 aliphatic carbocycles. The Balaban J connectivity index is 2.01. The number of nitrogens with two attached hydrogens (primary N) is 1. The molecule has 0 unspecified atom stereocenters. The second-order valence-corrected chi connectivity index (χ2v) is 4.95. The number of pyridine rings is 1. The maximum Gasteiger partial charge on any atom is 0.254 e. The van der Waals surface area contributed by atoms with E-state index < -0.39 is 0 Å². The van der Waals surface area contributed by atoms with E-state index in [4.69, 9.17) is 10.8 Å². The van der Waals surface area contributed by atoms with Crippen LogP contribution in [-0.4, -0.2) is 65.1 Å². The number of hydrogen-bond donors (Lipinski definition) is 2. The molecule has 6 heteroatoms. The summed E-state index contributed by atoms with van der Waals surface area (Å²) in [5.41, 5.74) is 6.93. The normalized spacial score (nSPS) is 17.0. The van der Waals surface area contributed by atoms with Crippen molar-refractivity contribution in [1.82, 2.24) is 14.8 Å². The summed E-state index contributed by atoms with van der Waals surface area (Å²) in [7, 11) is 0. The number of rotatable bonds is 4. The fraction of sp³-hybridized carbons (Fsp3) is 0.571. The summed E-state index contributed by atoms with van der Waals surface area (Å²) in [6.07, 6.45) is 2.56. The van der Waals surface area contributed by atoms with Gasteiger partial charge in [-0.1, -0.05) is 0 Å². The van der Waals surface area contributed by atoms with Crippen molar-refractivity contribution in [2.45, 2.75) is 13.0 Å². The predicted octanol–water partition coefficient (Wildman–Crippen LogP) is -0.319. The Hall–Kier alpha value is -1.50. The first-order valence-corrected chi connectivity index (χ1v) is 7.02. The molecule has 2 rings (SSSR count). The molecule has 6 nitrogen and oxygen atoms in total. The lowest BCUT2D eigenvalue weighted by atomic mass is 10.2. The van der Waals surface area contributed by atoms with Gasteiger partial charge in [0.05, 0.1) is 12.3 Å². The number of nitrogens with zero attached hydrogens (tertiary/aromatic N) is 3. The second-order valence-electron chi connectivity index (χ2n) is 4.95. The quantitative estimate of drug-likeness (QED) is 0.789. The smallest absolute Gasteiger partial charge is 0.254 e. The highest BCUT2D eigenvalue weighted by atomic mass is 16.3. The van der Waals surface area contributed by atoms with Crippen molar-refractivity contribution in [2.75, 3.05) is 39.3 Å². The lowest BCUT2D eigenvalue weighted by molar-refractivity contribution is 0.0760. The van der Waals surface area contributed by atoms with Crippen LogP contribution in [0, 0.1) is 0 Å². The minimum atomic E-state index is 0.0351. The molecular weight excluding hydrogens is 256 g/mol. The average molecular weight is 278 g/mol. The summed E-state index contributed by atoms with van der Waals surface area (Å²) in [6, 6.07) is 3.50. The van der Waals surface area contributed by atoms with Crippen LogP contribution in [0.15, 0.2) is 18.3 Å². The van der Waals surface area contributed by atoms with E-state index in [0.29, 0.717) is 25.2 Å². The third-order valence-electron chi connectivity index (χ3n) is 3.56. The van der Waals surface area contributed by atoms with E-state index in [1.54, 1.807) is 18.3 Å². The van der Waals surface area contributed by atoms with Crippen molar-refractivity contribution in [1.29, 1.82) is 0 Å². The zero-order valence-corrected chi connectivity index (χ0v) is 11.7. The van der Waals surface area contributed by atoms with Gasteiger partial charge in [0, 0.05) is 44.5 Å². The molecule has 1 aromatic rings.